The molecule has 6 nitrogen and oxygen atoms in total. The number of rotatable bonds is 3. The molecular formula is C22H26N4O2S. The first-order valence-electron chi connectivity index (χ1n) is 10.2. The van der Waals surface area contributed by atoms with Crippen molar-refractivity contribution in [1.82, 2.24) is 9.55 Å². The molecule has 1 aromatic carbocycles. The van der Waals surface area contributed by atoms with Crippen LogP contribution in [-0.4, -0.2) is 15.6 Å². The van der Waals surface area contributed by atoms with E-state index in [1.807, 2.05) is 35.8 Å². The quantitative estimate of drug-likeness (QED) is 0.642. The molecule has 2 amide bonds. The third-order valence-electron chi connectivity index (χ3n) is 5.71. The van der Waals surface area contributed by atoms with Gasteiger partial charge in [0.05, 0.1) is 5.39 Å². The first-order chi connectivity index (χ1) is 14.0. The molecule has 0 saturated carbocycles. The molecule has 1 aliphatic rings. The zero-order chi connectivity index (χ0) is 20.5. The minimum Gasteiger partial charge on any atom is -0.307 e. The van der Waals surface area contributed by atoms with Gasteiger partial charge in [0, 0.05) is 18.7 Å². The van der Waals surface area contributed by atoms with Crippen molar-refractivity contribution >= 4 is 38.3 Å². The predicted octanol–water partition coefficient (Wildman–Crippen LogP) is 4.95. The molecule has 29 heavy (non-hydrogen) atoms. The second-order valence-corrected chi connectivity index (χ2v) is 8.74. The van der Waals surface area contributed by atoms with Crippen LogP contribution < -0.4 is 16.2 Å². The summed E-state index contributed by atoms with van der Waals surface area (Å²) in [6.45, 7) is 6.87. The number of urea groups is 1. The van der Waals surface area contributed by atoms with Crippen LogP contribution in [0.1, 0.15) is 43.6 Å². The Balaban J connectivity index is 1.64. The van der Waals surface area contributed by atoms with Crippen molar-refractivity contribution in [1.29, 1.82) is 0 Å². The summed E-state index contributed by atoms with van der Waals surface area (Å²) in [5.41, 5.74) is 2.67. The highest BCUT2D eigenvalue weighted by Crippen LogP contribution is 2.33. The first kappa shape index (κ1) is 19.6. The maximum atomic E-state index is 13.1. The van der Waals surface area contributed by atoms with E-state index in [9.17, 15) is 9.59 Å². The number of carbonyl (C=O) groups excluding carboxylic acids is 1. The number of anilines is 2. The van der Waals surface area contributed by atoms with Gasteiger partial charge in [-0.15, -0.1) is 0 Å². The van der Waals surface area contributed by atoms with E-state index in [0.717, 1.165) is 48.3 Å². The molecule has 0 radical (unpaired) electrons. The molecule has 0 fully saturated rings. The Bertz CT molecular complexity index is 1130. The fourth-order valence-corrected chi connectivity index (χ4v) is 4.96. The zero-order valence-electron chi connectivity index (χ0n) is 17.0. The van der Waals surface area contributed by atoms with Crippen LogP contribution in [0.15, 0.2) is 29.1 Å². The van der Waals surface area contributed by atoms with Gasteiger partial charge in [0.25, 0.3) is 5.56 Å². The summed E-state index contributed by atoms with van der Waals surface area (Å²) in [6.07, 6.45) is 3.70. The number of fused-ring (bicyclic) bond motifs is 2. The predicted molar refractivity (Wildman–Crippen MR) is 119 cm³/mol. The van der Waals surface area contributed by atoms with E-state index in [0.29, 0.717) is 27.7 Å². The Morgan fingerprint density at radius 3 is 2.86 bits per heavy atom. The Morgan fingerprint density at radius 2 is 2.07 bits per heavy atom. The van der Waals surface area contributed by atoms with E-state index in [-0.39, 0.29) is 11.6 Å². The summed E-state index contributed by atoms with van der Waals surface area (Å²) in [5.74, 6) is 1.46. The lowest BCUT2D eigenvalue weighted by Crippen LogP contribution is -2.24. The van der Waals surface area contributed by atoms with Crippen LogP contribution in [-0.2, 0) is 19.4 Å². The molecule has 0 aliphatic carbocycles. The van der Waals surface area contributed by atoms with Gasteiger partial charge in [-0.05, 0) is 49.3 Å². The van der Waals surface area contributed by atoms with Crippen LogP contribution in [0, 0.1) is 12.8 Å². The van der Waals surface area contributed by atoms with Crippen molar-refractivity contribution in [2.45, 2.75) is 53.0 Å². The third-order valence-corrected chi connectivity index (χ3v) is 6.81. The topological polar surface area (TPSA) is 76.0 Å². The van der Waals surface area contributed by atoms with Crippen molar-refractivity contribution in [2.75, 3.05) is 10.6 Å². The lowest BCUT2D eigenvalue weighted by atomic mass is 10.0. The lowest BCUT2D eigenvalue weighted by Gasteiger charge is -2.10. The SMILES string of the molecule is CCc1ccccc1NC(=O)Nc1sc2nc3n(c(=O)c2c1C)CC[C@H](C)CC3. The van der Waals surface area contributed by atoms with E-state index in [1.165, 1.54) is 11.3 Å². The molecule has 7 heteroatoms. The summed E-state index contributed by atoms with van der Waals surface area (Å²) in [6, 6.07) is 7.44. The van der Waals surface area contributed by atoms with Gasteiger partial charge in [0.15, 0.2) is 0 Å². The number of hydrogen-bond acceptors (Lipinski definition) is 4. The van der Waals surface area contributed by atoms with E-state index in [1.54, 1.807) is 0 Å². The highest BCUT2D eigenvalue weighted by molar-refractivity contribution is 7.22. The highest BCUT2D eigenvalue weighted by Gasteiger charge is 2.21. The van der Waals surface area contributed by atoms with Crippen molar-refractivity contribution in [3.8, 4) is 0 Å². The zero-order valence-corrected chi connectivity index (χ0v) is 17.9. The molecule has 2 N–H and O–H groups in total. The first-order valence-corrected chi connectivity index (χ1v) is 11.0. The normalized spacial score (nSPS) is 16.3. The molecule has 0 unspecified atom stereocenters. The summed E-state index contributed by atoms with van der Waals surface area (Å²) in [4.78, 5) is 31.2. The van der Waals surface area contributed by atoms with Crippen LogP contribution in [0.25, 0.3) is 10.2 Å². The second kappa shape index (κ2) is 7.99. The summed E-state index contributed by atoms with van der Waals surface area (Å²) >= 11 is 1.37. The lowest BCUT2D eigenvalue weighted by molar-refractivity contribution is 0.262. The Morgan fingerprint density at radius 1 is 1.28 bits per heavy atom. The summed E-state index contributed by atoms with van der Waals surface area (Å²) < 4.78 is 1.83. The van der Waals surface area contributed by atoms with Crippen molar-refractivity contribution in [3.63, 3.8) is 0 Å². The number of aromatic nitrogens is 2. The van der Waals surface area contributed by atoms with Crippen LogP contribution in [0.4, 0.5) is 15.5 Å². The molecule has 3 heterocycles. The number of para-hydroxylation sites is 1. The van der Waals surface area contributed by atoms with Gasteiger partial charge in [-0.25, -0.2) is 9.78 Å². The standard InChI is InChI=1S/C22H26N4O2S/c1-4-15-7-5-6-8-16(15)23-22(28)25-19-14(3)18-20(29-19)24-17-10-9-13(2)11-12-26(17)21(18)27/h5-8,13H,4,9-12H2,1-3H3,(H2,23,25,28)/t13-/m1/s1. The summed E-state index contributed by atoms with van der Waals surface area (Å²) in [5, 5.41) is 7.13. The second-order valence-electron chi connectivity index (χ2n) is 7.74. The maximum Gasteiger partial charge on any atom is 0.324 e. The number of nitrogens with one attached hydrogen (secondary N) is 2. The maximum absolute atomic E-state index is 13.1. The number of hydrogen-bond donors (Lipinski definition) is 2. The molecule has 0 saturated heterocycles. The average Bonchev–Trinajstić information content (AvgIpc) is 2.88. The van der Waals surface area contributed by atoms with Gasteiger partial charge >= 0.3 is 6.03 Å². The van der Waals surface area contributed by atoms with Crippen LogP contribution in [0.2, 0.25) is 0 Å². The largest absolute Gasteiger partial charge is 0.324 e. The van der Waals surface area contributed by atoms with E-state index >= 15 is 0 Å². The van der Waals surface area contributed by atoms with Crippen LogP contribution in [0.3, 0.4) is 0 Å². The van der Waals surface area contributed by atoms with Gasteiger partial charge in [-0.1, -0.05) is 43.4 Å². The Hall–Kier alpha value is -2.67. The highest BCUT2D eigenvalue weighted by atomic mass is 32.1. The number of amides is 2. The van der Waals surface area contributed by atoms with Gasteiger partial charge in [0.2, 0.25) is 0 Å². The minimum atomic E-state index is -0.309. The molecule has 0 spiro atoms. The number of benzene rings is 1. The fourth-order valence-electron chi connectivity index (χ4n) is 3.88. The van der Waals surface area contributed by atoms with Crippen molar-refractivity contribution in [3.05, 3.63) is 51.6 Å². The number of aryl methyl sites for hydroxylation is 3. The molecule has 1 atom stereocenters. The van der Waals surface area contributed by atoms with Crippen LogP contribution in [0.5, 0.6) is 0 Å². The average molecular weight is 411 g/mol. The molecule has 3 aromatic rings. The Kier molecular flexibility index (Phi) is 5.41. The third kappa shape index (κ3) is 3.79. The molecular weight excluding hydrogens is 384 g/mol. The minimum absolute atomic E-state index is 0.0117. The fraction of sp³-hybridized carbons (Fsp3) is 0.409. The van der Waals surface area contributed by atoms with Gasteiger partial charge < -0.3 is 5.32 Å². The van der Waals surface area contributed by atoms with Gasteiger partial charge in [-0.2, -0.15) is 0 Å². The number of thiophene rings is 1. The van der Waals surface area contributed by atoms with Crippen LogP contribution >= 0.6 is 11.3 Å². The molecule has 1 aliphatic heterocycles. The van der Waals surface area contributed by atoms with Gasteiger partial charge in [-0.3, -0.25) is 14.7 Å². The van der Waals surface area contributed by atoms with Crippen molar-refractivity contribution < 1.29 is 4.79 Å². The molecule has 0 bridgehead atoms. The van der Waals surface area contributed by atoms with Gasteiger partial charge in [0.1, 0.15) is 15.7 Å². The van der Waals surface area contributed by atoms with E-state index < -0.39 is 0 Å². The monoisotopic (exact) mass is 410 g/mol. The molecule has 152 valence electrons. The number of carbonyl (C=O) groups is 1. The smallest absolute Gasteiger partial charge is 0.307 e. The Labute approximate surface area is 174 Å². The molecule has 4 rings (SSSR count). The summed E-state index contributed by atoms with van der Waals surface area (Å²) in [7, 11) is 0. The van der Waals surface area contributed by atoms with E-state index in [2.05, 4.69) is 24.5 Å². The molecule has 2 aromatic heterocycles. The van der Waals surface area contributed by atoms with Crippen molar-refractivity contribution in [2.24, 2.45) is 5.92 Å². The van der Waals surface area contributed by atoms with E-state index in [4.69, 9.17) is 4.98 Å². The number of nitrogens with zero attached hydrogens (tertiary/aromatic N) is 2.